The Labute approximate surface area is 53.0 Å². The first-order chi connectivity index (χ1) is 4.34. The molecular formula is C7H5NO. The van der Waals surface area contributed by atoms with Crippen molar-refractivity contribution in [2.45, 2.75) is 0 Å². The summed E-state index contributed by atoms with van der Waals surface area (Å²) >= 11 is 0. The van der Waals surface area contributed by atoms with Gasteiger partial charge in [-0.25, -0.2) is 0 Å². The fourth-order valence-electron chi connectivity index (χ4n) is 0.568. The maximum atomic E-state index is 8.89. The van der Waals surface area contributed by atoms with Gasteiger partial charge < -0.3 is 5.11 Å². The molecule has 9 heavy (non-hydrogen) atoms. The van der Waals surface area contributed by atoms with Crippen LogP contribution in [-0.2, 0) is 0 Å². The molecule has 0 fully saturated rings. The monoisotopic (exact) mass is 125 g/mol. The van der Waals surface area contributed by atoms with E-state index in [1.54, 1.807) is 18.2 Å². The van der Waals surface area contributed by atoms with Gasteiger partial charge in [-0.1, -0.05) is 12.1 Å². The Bertz CT molecular complexity index is 249. The number of hydrogen-bond acceptors (Lipinski definition) is 2. The Morgan fingerprint density at radius 3 is 2.44 bits per heavy atom. The number of phenolic OH excluding ortho intramolecular Hbond substituents is 1. The van der Waals surface area contributed by atoms with Crippen LogP contribution in [0.1, 0.15) is 5.56 Å². The maximum Gasteiger partial charge on any atom is 0.133 e. The summed E-state index contributed by atoms with van der Waals surface area (Å²) in [6.45, 7) is 0. The minimum atomic E-state index is 0.0417. The van der Waals surface area contributed by atoms with Gasteiger partial charge in [-0.2, -0.15) is 5.26 Å². The van der Waals surface area contributed by atoms with Gasteiger partial charge in [0.2, 0.25) is 0 Å². The van der Waals surface area contributed by atoms with Gasteiger partial charge in [0.05, 0.1) is 5.56 Å². The predicted molar refractivity (Wildman–Crippen MR) is 32.8 cm³/mol. The molecule has 0 saturated heterocycles. The number of rotatable bonds is 0. The second kappa shape index (κ2) is 2.19. The Hall–Kier alpha value is -1.49. The van der Waals surface area contributed by atoms with Crippen molar-refractivity contribution in [2.75, 3.05) is 0 Å². The normalized spacial score (nSPS) is 8.33. The molecule has 2 heteroatoms. The van der Waals surface area contributed by atoms with Crippen LogP contribution in [-0.4, -0.2) is 5.11 Å². The van der Waals surface area contributed by atoms with Gasteiger partial charge in [0.15, 0.2) is 0 Å². The molecule has 1 rings (SSSR count). The molecule has 0 atom stereocenters. The van der Waals surface area contributed by atoms with E-state index in [1.807, 2.05) is 6.07 Å². The molecule has 0 heterocycles. The van der Waals surface area contributed by atoms with E-state index in [1.165, 1.54) is 6.07 Å². The number of hydrogen-bond donors (Lipinski definition) is 1. The molecule has 0 aliphatic heterocycles. The molecule has 1 aromatic rings. The standard InChI is InChI=1S/C7H5NO/c8-5-6-3-1-2-4-7(6)9/h1-4,9H/i1+1,2+1,3+1,4+1,6+1,7+1. The number of nitrogens with zero attached hydrogens (tertiary/aromatic N) is 1. The largest absolute Gasteiger partial charge is 0.507 e. The lowest BCUT2D eigenvalue weighted by Gasteiger charge is -1.89. The molecule has 0 unspecified atom stereocenters. The molecule has 0 saturated carbocycles. The van der Waals surface area contributed by atoms with Crippen LogP contribution in [0.15, 0.2) is 24.3 Å². The van der Waals surface area contributed by atoms with Crippen molar-refractivity contribution >= 4 is 0 Å². The number of nitriles is 1. The molecule has 0 amide bonds. The first kappa shape index (κ1) is 5.64. The zero-order valence-corrected chi connectivity index (χ0v) is 4.70. The van der Waals surface area contributed by atoms with Crippen LogP contribution in [0.3, 0.4) is 0 Å². The molecule has 2 nitrogen and oxygen atoms in total. The van der Waals surface area contributed by atoms with E-state index in [9.17, 15) is 0 Å². The average molecular weight is 125 g/mol. The third-order valence-corrected chi connectivity index (χ3v) is 1.02. The Morgan fingerprint density at radius 1 is 1.33 bits per heavy atom. The van der Waals surface area contributed by atoms with Crippen molar-refractivity contribution in [2.24, 2.45) is 0 Å². The lowest BCUT2D eigenvalue weighted by atomic mass is 11.0. The summed E-state index contributed by atoms with van der Waals surface area (Å²) < 4.78 is 0. The molecule has 1 aromatic carbocycles. The van der Waals surface area contributed by atoms with Crippen molar-refractivity contribution in [1.82, 2.24) is 0 Å². The summed E-state index contributed by atoms with van der Waals surface area (Å²) in [5.41, 5.74) is 0.317. The molecular weight excluding hydrogens is 120 g/mol. The molecule has 0 spiro atoms. The molecule has 0 aliphatic carbocycles. The molecule has 0 aliphatic rings. The van der Waals surface area contributed by atoms with Gasteiger partial charge >= 0.3 is 0 Å². The number of benzene rings is 1. The van der Waals surface area contributed by atoms with Crippen LogP contribution in [0.4, 0.5) is 0 Å². The lowest BCUT2D eigenvalue weighted by molar-refractivity contribution is 0.473. The van der Waals surface area contributed by atoms with Crippen LogP contribution >= 0.6 is 0 Å². The van der Waals surface area contributed by atoms with Crippen LogP contribution < -0.4 is 0 Å². The molecule has 0 aromatic heterocycles. The molecule has 1 N–H and O–H groups in total. The van der Waals surface area contributed by atoms with Gasteiger partial charge in [-0.3, -0.25) is 0 Å². The predicted octanol–water partition coefficient (Wildman–Crippen LogP) is 1.26. The fraction of sp³-hybridized carbons (Fsp3) is 0. The SMILES string of the molecule is N#C[13c]1[13cH][13cH][13cH][13cH][13c]1O. The second-order valence-electron chi connectivity index (χ2n) is 1.63. The van der Waals surface area contributed by atoms with E-state index >= 15 is 0 Å². The van der Waals surface area contributed by atoms with E-state index in [4.69, 9.17) is 10.4 Å². The molecule has 0 radical (unpaired) electrons. The van der Waals surface area contributed by atoms with Gasteiger partial charge in [-0.15, -0.1) is 0 Å². The van der Waals surface area contributed by atoms with E-state index in [2.05, 4.69) is 0 Å². The van der Waals surface area contributed by atoms with Crippen molar-refractivity contribution in [3.63, 3.8) is 0 Å². The summed E-state index contributed by atoms with van der Waals surface area (Å²) in [6, 6.07) is 8.28. The van der Waals surface area contributed by atoms with Crippen LogP contribution in [0.25, 0.3) is 0 Å². The Kier molecular flexibility index (Phi) is 1.37. The first-order valence-electron chi connectivity index (χ1n) is 2.52. The Balaban J connectivity index is 3.20. The summed E-state index contributed by atoms with van der Waals surface area (Å²) in [5.74, 6) is 0.0417. The first-order valence-corrected chi connectivity index (χ1v) is 2.52. The van der Waals surface area contributed by atoms with Crippen LogP contribution in [0, 0.1) is 11.3 Å². The smallest absolute Gasteiger partial charge is 0.133 e. The second-order valence-corrected chi connectivity index (χ2v) is 1.63. The van der Waals surface area contributed by atoms with Gasteiger partial charge in [-0.05, 0) is 12.1 Å². The topological polar surface area (TPSA) is 44.0 Å². The summed E-state index contributed by atoms with van der Waals surface area (Å²) in [5, 5.41) is 17.2. The van der Waals surface area contributed by atoms with Crippen LogP contribution in [0.2, 0.25) is 0 Å². The molecule has 44 valence electrons. The van der Waals surface area contributed by atoms with Gasteiger partial charge in [0.25, 0.3) is 0 Å². The highest BCUT2D eigenvalue weighted by Gasteiger charge is 1.93. The third-order valence-electron chi connectivity index (χ3n) is 1.02. The molecule has 0 bridgehead atoms. The van der Waals surface area contributed by atoms with Crippen molar-refractivity contribution in [3.05, 3.63) is 29.8 Å². The van der Waals surface area contributed by atoms with Gasteiger partial charge in [0.1, 0.15) is 11.8 Å². The van der Waals surface area contributed by atoms with E-state index in [-0.39, 0.29) is 5.75 Å². The highest BCUT2D eigenvalue weighted by atomic mass is 16.3. The number of para-hydroxylation sites is 1. The number of phenols is 1. The van der Waals surface area contributed by atoms with E-state index < -0.39 is 0 Å². The van der Waals surface area contributed by atoms with E-state index in [0.29, 0.717) is 5.56 Å². The highest BCUT2D eigenvalue weighted by Crippen LogP contribution is 2.12. The van der Waals surface area contributed by atoms with Crippen molar-refractivity contribution in [3.8, 4) is 11.8 Å². The summed E-state index contributed by atoms with van der Waals surface area (Å²) in [4.78, 5) is 0. The Morgan fingerprint density at radius 2 is 2.00 bits per heavy atom. The van der Waals surface area contributed by atoms with Gasteiger partial charge in [0, 0.05) is 0 Å². The number of aromatic hydroxyl groups is 1. The van der Waals surface area contributed by atoms with Crippen LogP contribution in [0.5, 0.6) is 5.75 Å². The third kappa shape index (κ3) is 1.000. The highest BCUT2D eigenvalue weighted by molar-refractivity contribution is 5.41. The zero-order chi connectivity index (χ0) is 6.69. The minimum Gasteiger partial charge on any atom is -0.507 e. The zero-order valence-electron chi connectivity index (χ0n) is 4.70. The lowest BCUT2D eigenvalue weighted by Crippen LogP contribution is -1.71. The van der Waals surface area contributed by atoms with Crippen molar-refractivity contribution < 1.29 is 5.11 Å². The fourth-order valence-corrected chi connectivity index (χ4v) is 0.568. The average Bonchev–Trinajstić information content (AvgIpc) is 1.89. The maximum absolute atomic E-state index is 8.89. The minimum absolute atomic E-state index is 0.0417. The summed E-state index contributed by atoms with van der Waals surface area (Å²) in [6.07, 6.45) is 0. The van der Waals surface area contributed by atoms with E-state index in [0.717, 1.165) is 0 Å². The van der Waals surface area contributed by atoms with Crippen molar-refractivity contribution in [1.29, 1.82) is 5.26 Å². The summed E-state index contributed by atoms with van der Waals surface area (Å²) in [7, 11) is 0. The quantitative estimate of drug-likeness (QED) is 0.567.